The minimum absolute atomic E-state index is 0.0243. The molecule has 1 fully saturated rings. The van der Waals surface area contributed by atoms with E-state index in [9.17, 15) is 13.2 Å². The molecule has 0 amide bonds. The highest BCUT2D eigenvalue weighted by Gasteiger charge is 2.30. The Morgan fingerprint density at radius 3 is 2.47 bits per heavy atom. The van der Waals surface area contributed by atoms with Gasteiger partial charge in [-0.15, -0.1) is 0 Å². The fourth-order valence-electron chi connectivity index (χ4n) is 2.15. The van der Waals surface area contributed by atoms with E-state index >= 15 is 0 Å². The maximum absolute atomic E-state index is 12.5. The number of rotatable bonds is 4. The number of halogens is 3. The maximum Gasteiger partial charge on any atom is 0.416 e. The van der Waals surface area contributed by atoms with Crippen LogP contribution in [0, 0.1) is 0 Å². The molecule has 1 aromatic carbocycles. The topological polar surface area (TPSA) is 38.5 Å². The molecule has 2 rings (SSSR count). The summed E-state index contributed by atoms with van der Waals surface area (Å²) in [5, 5.41) is 0. The van der Waals surface area contributed by atoms with E-state index in [0.29, 0.717) is 12.4 Å². The summed E-state index contributed by atoms with van der Waals surface area (Å²) >= 11 is 0. The first kappa shape index (κ1) is 14.0. The summed E-state index contributed by atoms with van der Waals surface area (Å²) in [5.41, 5.74) is 4.85. The largest absolute Gasteiger partial charge is 0.490 e. The number of hydrogen-bond acceptors (Lipinski definition) is 3. The van der Waals surface area contributed by atoms with E-state index in [0.717, 1.165) is 31.8 Å². The third kappa shape index (κ3) is 3.76. The van der Waals surface area contributed by atoms with Crippen molar-refractivity contribution in [3.05, 3.63) is 23.8 Å². The quantitative estimate of drug-likeness (QED) is 0.858. The average molecular weight is 274 g/mol. The van der Waals surface area contributed by atoms with E-state index in [1.54, 1.807) is 0 Å². The van der Waals surface area contributed by atoms with Crippen molar-refractivity contribution >= 4 is 5.69 Å². The Hall–Kier alpha value is -1.43. The van der Waals surface area contributed by atoms with Gasteiger partial charge < -0.3 is 10.5 Å². The summed E-state index contributed by atoms with van der Waals surface area (Å²) in [5.74, 6) is 0.312. The Morgan fingerprint density at radius 1 is 1.21 bits per heavy atom. The standard InChI is InChI=1S/C13H17F3N2O/c14-13(15,16)10-3-4-12(11(17)9-10)19-8-7-18-5-1-2-6-18/h3-4,9H,1-2,5-8,17H2. The van der Waals surface area contributed by atoms with E-state index in [-0.39, 0.29) is 5.69 Å². The maximum atomic E-state index is 12.5. The second-order valence-electron chi connectivity index (χ2n) is 4.65. The van der Waals surface area contributed by atoms with Gasteiger partial charge in [0.1, 0.15) is 12.4 Å². The summed E-state index contributed by atoms with van der Waals surface area (Å²) in [6, 6.07) is 3.18. The number of ether oxygens (including phenoxy) is 1. The van der Waals surface area contributed by atoms with Crippen molar-refractivity contribution in [3.8, 4) is 5.75 Å². The van der Waals surface area contributed by atoms with Crippen LogP contribution >= 0.6 is 0 Å². The number of benzene rings is 1. The monoisotopic (exact) mass is 274 g/mol. The van der Waals surface area contributed by atoms with Crippen LogP contribution in [0.1, 0.15) is 18.4 Å². The molecule has 1 heterocycles. The average Bonchev–Trinajstić information content (AvgIpc) is 2.83. The number of likely N-dealkylation sites (tertiary alicyclic amines) is 1. The molecule has 19 heavy (non-hydrogen) atoms. The molecule has 0 saturated carbocycles. The van der Waals surface area contributed by atoms with Crippen molar-refractivity contribution in [1.82, 2.24) is 4.90 Å². The Bertz CT molecular complexity index is 428. The predicted molar refractivity (Wildman–Crippen MR) is 67.0 cm³/mol. The van der Waals surface area contributed by atoms with E-state index in [4.69, 9.17) is 10.5 Å². The van der Waals surface area contributed by atoms with Gasteiger partial charge in [-0.05, 0) is 44.1 Å². The molecule has 1 saturated heterocycles. The van der Waals surface area contributed by atoms with E-state index in [1.807, 2.05) is 0 Å². The second kappa shape index (κ2) is 5.69. The zero-order chi connectivity index (χ0) is 13.9. The molecule has 0 atom stereocenters. The van der Waals surface area contributed by atoms with Crippen LogP contribution in [0.2, 0.25) is 0 Å². The Balaban J connectivity index is 1.90. The van der Waals surface area contributed by atoms with Gasteiger partial charge in [-0.2, -0.15) is 13.2 Å². The van der Waals surface area contributed by atoms with E-state index in [1.165, 1.54) is 18.9 Å². The van der Waals surface area contributed by atoms with Gasteiger partial charge in [0.05, 0.1) is 11.3 Å². The predicted octanol–water partition coefficient (Wildman–Crippen LogP) is 2.76. The highest BCUT2D eigenvalue weighted by atomic mass is 19.4. The van der Waals surface area contributed by atoms with Crippen molar-refractivity contribution in [2.75, 3.05) is 32.0 Å². The molecule has 2 N–H and O–H groups in total. The van der Waals surface area contributed by atoms with Gasteiger partial charge in [0.15, 0.2) is 0 Å². The lowest BCUT2D eigenvalue weighted by Gasteiger charge is -2.16. The summed E-state index contributed by atoms with van der Waals surface area (Å²) in [4.78, 5) is 2.26. The zero-order valence-corrected chi connectivity index (χ0v) is 10.5. The van der Waals surface area contributed by atoms with Crippen LogP contribution in [-0.4, -0.2) is 31.1 Å². The second-order valence-corrected chi connectivity index (χ2v) is 4.65. The van der Waals surface area contributed by atoms with Gasteiger partial charge in [0.2, 0.25) is 0 Å². The van der Waals surface area contributed by atoms with Crippen molar-refractivity contribution in [2.45, 2.75) is 19.0 Å². The highest BCUT2D eigenvalue weighted by Crippen LogP contribution is 2.33. The first-order chi connectivity index (χ1) is 8.97. The summed E-state index contributed by atoms with van der Waals surface area (Å²) in [6.45, 7) is 3.34. The first-order valence-electron chi connectivity index (χ1n) is 6.29. The first-order valence-corrected chi connectivity index (χ1v) is 6.29. The fraction of sp³-hybridized carbons (Fsp3) is 0.538. The normalized spacial score (nSPS) is 16.8. The zero-order valence-electron chi connectivity index (χ0n) is 10.5. The summed E-state index contributed by atoms with van der Waals surface area (Å²) in [7, 11) is 0. The third-order valence-corrected chi connectivity index (χ3v) is 3.20. The van der Waals surface area contributed by atoms with Crippen LogP contribution < -0.4 is 10.5 Å². The Labute approximate surface area is 110 Å². The van der Waals surface area contributed by atoms with Crippen LogP contribution in [0.25, 0.3) is 0 Å². The number of nitrogen functional groups attached to an aromatic ring is 1. The molecule has 0 aromatic heterocycles. The molecule has 6 heteroatoms. The number of nitrogens with two attached hydrogens (primary N) is 1. The van der Waals surface area contributed by atoms with Crippen LogP contribution in [0.15, 0.2) is 18.2 Å². The van der Waals surface area contributed by atoms with Gasteiger partial charge in [-0.1, -0.05) is 0 Å². The van der Waals surface area contributed by atoms with Crippen LogP contribution in [0.4, 0.5) is 18.9 Å². The number of anilines is 1. The van der Waals surface area contributed by atoms with Gasteiger partial charge in [0.25, 0.3) is 0 Å². The third-order valence-electron chi connectivity index (χ3n) is 3.20. The lowest BCUT2D eigenvalue weighted by Crippen LogP contribution is -2.25. The van der Waals surface area contributed by atoms with Crippen molar-refractivity contribution in [1.29, 1.82) is 0 Å². The molecular weight excluding hydrogens is 257 g/mol. The minimum Gasteiger partial charge on any atom is -0.490 e. The molecule has 1 aromatic rings. The lowest BCUT2D eigenvalue weighted by atomic mass is 10.2. The molecule has 0 bridgehead atoms. The molecular formula is C13H17F3N2O. The molecule has 0 radical (unpaired) electrons. The van der Waals surface area contributed by atoms with Gasteiger partial charge in [-0.3, -0.25) is 4.90 Å². The van der Waals surface area contributed by atoms with Crippen molar-refractivity contribution in [2.24, 2.45) is 0 Å². The number of nitrogens with zero attached hydrogens (tertiary/aromatic N) is 1. The molecule has 106 valence electrons. The minimum atomic E-state index is -4.37. The van der Waals surface area contributed by atoms with Crippen LogP contribution in [0.3, 0.4) is 0 Å². The number of hydrogen-bond donors (Lipinski definition) is 1. The van der Waals surface area contributed by atoms with Gasteiger partial charge in [-0.25, -0.2) is 0 Å². The van der Waals surface area contributed by atoms with Crippen molar-refractivity contribution < 1.29 is 17.9 Å². The van der Waals surface area contributed by atoms with Gasteiger partial charge >= 0.3 is 6.18 Å². The fourth-order valence-corrected chi connectivity index (χ4v) is 2.15. The van der Waals surface area contributed by atoms with Crippen LogP contribution in [0.5, 0.6) is 5.75 Å². The molecule has 1 aliphatic rings. The molecule has 0 unspecified atom stereocenters. The highest BCUT2D eigenvalue weighted by molar-refractivity contribution is 5.54. The Morgan fingerprint density at radius 2 is 1.89 bits per heavy atom. The Kier molecular flexibility index (Phi) is 4.19. The van der Waals surface area contributed by atoms with E-state index in [2.05, 4.69) is 4.90 Å². The molecule has 0 aliphatic carbocycles. The lowest BCUT2D eigenvalue weighted by molar-refractivity contribution is -0.137. The van der Waals surface area contributed by atoms with Crippen molar-refractivity contribution in [3.63, 3.8) is 0 Å². The molecule has 0 spiro atoms. The smallest absolute Gasteiger partial charge is 0.416 e. The summed E-state index contributed by atoms with van der Waals surface area (Å²) < 4.78 is 42.8. The number of alkyl halides is 3. The van der Waals surface area contributed by atoms with Crippen LogP contribution in [-0.2, 0) is 6.18 Å². The molecule has 1 aliphatic heterocycles. The van der Waals surface area contributed by atoms with Gasteiger partial charge in [0, 0.05) is 6.54 Å². The SMILES string of the molecule is Nc1cc(C(F)(F)F)ccc1OCCN1CCCC1. The summed E-state index contributed by atoms with van der Waals surface area (Å²) in [6.07, 6.45) is -1.98. The molecule has 3 nitrogen and oxygen atoms in total. The van der Waals surface area contributed by atoms with E-state index < -0.39 is 11.7 Å².